The summed E-state index contributed by atoms with van der Waals surface area (Å²) in [6.45, 7) is -0.264. The van der Waals surface area contributed by atoms with Crippen LogP contribution in [0.1, 0.15) is 34.5 Å². The lowest BCUT2D eigenvalue weighted by molar-refractivity contribution is -0.274. The van der Waals surface area contributed by atoms with E-state index in [9.17, 15) is 31.5 Å². The number of nitrogens with one attached hydrogen (secondary N) is 1. The van der Waals surface area contributed by atoms with Crippen molar-refractivity contribution in [3.63, 3.8) is 0 Å². The van der Waals surface area contributed by atoms with Crippen LogP contribution in [0.2, 0.25) is 5.02 Å². The smallest absolute Gasteiger partial charge is 0.404 e. The van der Waals surface area contributed by atoms with Gasteiger partial charge in [-0.1, -0.05) is 17.7 Å². The molecule has 2 heterocycles. The first-order valence-corrected chi connectivity index (χ1v) is 13.2. The number of carbonyl (C=O) groups is 1. The van der Waals surface area contributed by atoms with Crippen LogP contribution in [0.3, 0.4) is 0 Å². The molecule has 3 unspecified atom stereocenters. The van der Waals surface area contributed by atoms with Gasteiger partial charge in [0.15, 0.2) is 0 Å². The minimum atomic E-state index is -4.91. The molecule has 17 heteroatoms. The lowest BCUT2D eigenvalue weighted by Crippen LogP contribution is -2.24. The Kier molecular flexibility index (Phi) is 8.41. The highest BCUT2D eigenvalue weighted by molar-refractivity contribution is 7.84. The summed E-state index contributed by atoms with van der Waals surface area (Å²) in [4.78, 5) is 21.2. The van der Waals surface area contributed by atoms with E-state index in [1.807, 2.05) is 0 Å². The largest absolute Gasteiger partial charge is 0.573 e. The molecule has 0 amide bonds. The first kappa shape index (κ1) is 28.7. The van der Waals surface area contributed by atoms with Crippen LogP contribution in [-0.2, 0) is 21.0 Å². The third kappa shape index (κ3) is 7.86. The van der Waals surface area contributed by atoms with Crippen molar-refractivity contribution in [3.05, 3.63) is 64.8 Å². The van der Waals surface area contributed by atoms with E-state index in [1.165, 1.54) is 41.6 Å². The fraction of sp³-hybridized carbons (Fsp3) is 0.364. The number of anilines is 1. The number of aliphatic hydroxyl groups is 1. The van der Waals surface area contributed by atoms with E-state index in [4.69, 9.17) is 16.7 Å². The summed E-state index contributed by atoms with van der Waals surface area (Å²) < 4.78 is 69.8. The van der Waals surface area contributed by atoms with E-state index >= 15 is 0 Å². The lowest BCUT2D eigenvalue weighted by atomic mass is 10.1. The van der Waals surface area contributed by atoms with Crippen molar-refractivity contribution >= 4 is 33.5 Å². The fourth-order valence-electron chi connectivity index (χ4n) is 4.13. The second-order valence-electron chi connectivity index (χ2n) is 8.74. The van der Waals surface area contributed by atoms with Gasteiger partial charge in [-0.15, -0.1) is 13.2 Å². The van der Waals surface area contributed by atoms with Crippen molar-refractivity contribution in [3.8, 4) is 5.75 Å². The van der Waals surface area contributed by atoms with Gasteiger partial charge >= 0.3 is 16.7 Å². The third-order valence-corrected chi connectivity index (χ3v) is 6.62. The maximum atomic E-state index is 13.2. The number of aromatic nitrogens is 4. The molecule has 2 aromatic heterocycles. The van der Waals surface area contributed by atoms with Gasteiger partial charge in [0.2, 0.25) is 5.78 Å². The topological polar surface area (TPSA) is 172 Å². The Morgan fingerprint density at radius 1 is 1.28 bits per heavy atom. The number of ketones is 1. The highest BCUT2D eigenvalue weighted by Crippen LogP contribution is 2.32. The zero-order valence-electron chi connectivity index (χ0n) is 19.9. The number of hydrogen-bond acceptors (Lipinski definition) is 10. The Morgan fingerprint density at radius 3 is 2.77 bits per heavy atom. The molecule has 0 radical (unpaired) electrons. The molecule has 0 bridgehead atoms. The summed E-state index contributed by atoms with van der Waals surface area (Å²) in [7, 11) is -4.15. The number of benzene rings is 1. The van der Waals surface area contributed by atoms with Crippen molar-refractivity contribution in [1.29, 1.82) is 0 Å². The summed E-state index contributed by atoms with van der Waals surface area (Å²) in [5.41, 5.74) is 0.514. The molecule has 3 aromatic rings. The van der Waals surface area contributed by atoms with Crippen LogP contribution >= 0.6 is 11.6 Å². The fourth-order valence-corrected chi connectivity index (χ4v) is 4.65. The predicted octanol–water partition coefficient (Wildman–Crippen LogP) is 2.28. The molecule has 210 valence electrons. The van der Waals surface area contributed by atoms with Gasteiger partial charge in [0.05, 0.1) is 29.8 Å². The van der Waals surface area contributed by atoms with Crippen molar-refractivity contribution < 1.29 is 40.4 Å². The van der Waals surface area contributed by atoms with Crippen molar-refractivity contribution in [1.82, 2.24) is 19.7 Å². The normalized spacial score (nSPS) is 19.7. The Labute approximate surface area is 225 Å². The first-order chi connectivity index (χ1) is 18.3. The number of alkyl halides is 3. The molecular weight excluding hydrogens is 569 g/mol. The van der Waals surface area contributed by atoms with Crippen LogP contribution in [-0.4, -0.2) is 64.2 Å². The number of ether oxygens (including phenoxy) is 1. The van der Waals surface area contributed by atoms with Crippen LogP contribution in [0.15, 0.2) is 43.0 Å². The van der Waals surface area contributed by atoms with E-state index < -0.39 is 40.2 Å². The molecule has 1 aliphatic rings. The van der Waals surface area contributed by atoms with Crippen LogP contribution in [0.4, 0.5) is 19.0 Å². The molecule has 1 aromatic carbocycles. The van der Waals surface area contributed by atoms with Crippen molar-refractivity contribution in [2.75, 3.05) is 11.9 Å². The minimum Gasteiger partial charge on any atom is -0.404 e. The van der Waals surface area contributed by atoms with Gasteiger partial charge in [-0.05, 0) is 36.6 Å². The van der Waals surface area contributed by atoms with Gasteiger partial charge < -0.3 is 15.2 Å². The molecule has 39 heavy (non-hydrogen) atoms. The first-order valence-electron chi connectivity index (χ1n) is 11.3. The highest BCUT2D eigenvalue weighted by Gasteiger charge is 2.35. The molecule has 4 rings (SSSR count). The van der Waals surface area contributed by atoms with Gasteiger partial charge in [-0.25, -0.2) is 15.1 Å². The Balaban J connectivity index is 1.44. The Bertz CT molecular complexity index is 1450. The lowest BCUT2D eigenvalue weighted by Gasteiger charge is -2.15. The van der Waals surface area contributed by atoms with Gasteiger partial charge in [-0.2, -0.15) is 13.5 Å². The second-order valence-corrected chi connectivity index (χ2v) is 10.4. The molecule has 0 aliphatic heterocycles. The monoisotopic (exact) mass is 590 g/mol. The predicted molar refractivity (Wildman–Crippen MR) is 130 cm³/mol. The van der Waals surface area contributed by atoms with Gasteiger partial charge in [-0.3, -0.25) is 13.7 Å². The van der Waals surface area contributed by atoms with E-state index in [0.717, 1.165) is 6.07 Å². The van der Waals surface area contributed by atoms with E-state index in [-0.39, 0.29) is 47.7 Å². The summed E-state index contributed by atoms with van der Waals surface area (Å²) >= 11 is 5.78. The highest BCUT2D eigenvalue weighted by atomic mass is 35.5. The standard InChI is InChI=1S/C22H22ClF3N6O6S/c23-16-2-1-12(5-19(16)38-22(24,25)26)9-32-4-3-17(31-32)20(34)15-8-28-11-29-21(15)30-14-6-13(18(33)7-14)10-37-39(27,35)36/h1-5,8,11,13-14,18,33H,6-7,9-10H2,(H2,27,35,36)(H,28,29,30). The number of nitrogens with zero attached hydrogens (tertiary/aromatic N) is 4. The number of hydrogen-bond donors (Lipinski definition) is 3. The summed E-state index contributed by atoms with van der Waals surface area (Å²) in [6.07, 6.45) is -1.21. The molecular formula is C22H22ClF3N6O6S. The number of rotatable bonds is 10. The van der Waals surface area contributed by atoms with E-state index in [0.29, 0.717) is 12.0 Å². The van der Waals surface area contributed by atoms with Gasteiger partial charge in [0, 0.05) is 24.4 Å². The molecule has 1 saturated carbocycles. The summed E-state index contributed by atoms with van der Waals surface area (Å²) in [5.74, 6) is -1.41. The maximum absolute atomic E-state index is 13.2. The SMILES string of the molecule is NS(=O)(=O)OCC1CC(Nc2ncncc2C(=O)c2ccn(Cc3ccc(Cl)c(OC(F)(F)F)c3)n2)CC1O. The minimum absolute atomic E-state index is 0.0248. The van der Waals surface area contributed by atoms with Crippen molar-refractivity contribution in [2.24, 2.45) is 11.1 Å². The van der Waals surface area contributed by atoms with Gasteiger partial charge in [0.1, 0.15) is 23.6 Å². The molecule has 3 atom stereocenters. The Morgan fingerprint density at radius 2 is 2.05 bits per heavy atom. The number of carbonyl (C=O) groups excluding carboxylic acids is 1. The molecule has 1 fully saturated rings. The third-order valence-electron chi connectivity index (χ3n) is 5.84. The van der Waals surface area contributed by atoms with Crippen LogP contribution in [0.25, 0.3) is 0 Å². The van der Waals surface area contributed by atoms with Crippen LogP contribution < -0.4 is 15.2 Å². The van der Waals surface area contributed by atoms with E-state index in [2.05, 4.69) is 29.3 Å². The Hall–Kier alpha value is -3.31. The number of nitrogens with two attached hydrogens (primary N) is 1. The zero-order valence-corrected chi connectivity index (χ0v) is 21.4. The summed E-state index contributed by atoms with van der Waals surface area (Å²) in [6, 6.07) is 4.97. The van der Waals surface area contributed by atoms with Crippen LogP contribution in [0.5, 0.6) is 5.75 Å². The maximum Gasteiger partial charge on any atom is 0.573 e. The van der Waals surface area contributed by atoms with E-state index in [1.54, 1.807) is 0 Å². The average Bonchev–Trinajstić information content (AvgIpc) is 3.44. The average molecular weight is 591 g/mol. The molecule has 0 spiro atoms. The number of halogens is 4. The number of aliphatic hydroxyl groups excluding tert-OH is 1. The van der Waals surface area contributed by atoms with Gasteiger partial charge in [0.25, 0.3) is 0 Å². The van der Waals surface area contributed by atoms with Crippen LogP contribution in [0, 0.1) is 5.92 Å². The quantitative estimate of drug-likeness (QED) is 0.297. The molecule has 4 N–H and O–H groups in total. The molecule has 0 saturated heterocycles. The zero-order chi connectivity index (χ0) is 28.4. The second kappa shape index (κ2) is 11.4. The molecule has 12 nitrogen and oxygen atoms in total. The molecule has 1 aliphatic carbocycles. The summed E-state index contributed by atoms with van der Waals surface area (Å²) in [5, 5.41) is 22.2. The van der Waals surface area contributed by atoms with Crippen molar-refractivity contribution in [2.45, 2.75) is 37.9 Å².